The van der Waals surface area contributed by atoms with Gasteiger partial charge >= 0.3 is 0 Å². The Morgan fingerprint density at radius 3 is 2.82 bits per heavy atom. The first-order valence-corrected chi connectivity index (χ1v) is 7.68. The number of hydrogen-bond donors (Lipinski definition) is 1. The maximum atomic E-state index is 12.4. The zero-order chi connectivity index (χ0) is 12.5. The quantitative estimate of drug-likeness (QED) is 0.893. The number of sulfone groups is 1. The van der Waals surface area contributed by atoms with Gasteiger partial charge in [-0.1, -0.05) is 22.0 Å². The summed E-state index contributed by atoms with van der Waals surface area (Å²) in [4.78, 5) is 0.290. The highest BCUT2D eigenvalue weighted by molar-refractivity contribution is 9.10. The van der Waals surface area contributed by atoms with E-state index in [0.29, 0.717) is 13.0 Å². The smallest absolute Gasteiger partial charge is 0.185 e. The van der Waals surface area contributed by atoms with Gasteiger partial charge in [0.1, 0.15) is 5.25 Å². The van der Waals surface area contributed by atoms with Gasteiger partial charge in [-0.2, -0.15) is 0 Å². The Morgan fingerprint density at radius 1 is 1.41 bits per heavy atom. The molecule has 2 rings (SSSR count). The molecule has 1 aliphatic rings. The first-order chi connectivity index (χ1) is 8.01. The maximum Gasteiger partial charge on any atom is 0.185 e. The Labute approximate surface area is 109 Å². The lowest BCUT2D eigenvalue weighted by atomic mass is 10.1. The van der Waals surface area contributed by atoms with E-state index in [1.165, 1.54) is 0 Å². The average molecular weight is 320 g/mol. The molecule has 2 atom stereocenters. The van der Waals surface area contributed by atoms with Gasteiger partial charge in [-0.15, -0.1) is 0 Å². The van der Waals surface area contributed by atoms with Crippen molar-refractivity contribution in [2.75, 3.05) is 13.2 Å². The van der Waals surface area contributed by atoms with Gasteiger partial charge < -0.3 is 10.5 Å². The monoisotopic (exact) mass is 319 g/mol. The van der Waals surface area contributed by atoms with Gasteiger partial charge in [0.05, 0.1) is 11.5 Å². The van der Waals surface area contributed by atoms with Gasteiger partial charge in [-0.25, -0.2) is 8.42 Å². The van der Waals surface area contributed by atoms with Gasteiger partial charge in [0, 0.05) is 17.1 Å². The summed E-state index contributed by atoms with van der Waals surface area (Å²) >= 11 is 3.27. The highest BCUT2D eigenvalue weighted by Gasteiger charge is 2.35. The summed E-state index contributed by atoms with van der Waals surface area (Å²) in [6.45, 7) is 0.710. The molecular weight excluding hydrogens is 306 g/mol. The third-order valence-electron chi connectivity index (χ3n) is 2.88. The summed E-state index contributed by atoms with van der Waals surface area (Å²) in [7, 11) is -3.41. The summed E-state index contributed by atoms with van der Waals surface area (Å²) < 4.78 is 30.7. The van der Waals surface area contributed by atoms with Crippen LogP contribution in [-0.4, -0.2) is 32.9 Å². The minimum atomic E-state index is -3.41. The average Bonchev–Trinajstić information content (AvgIpc) is 2.29. The number of hydrogen-bond acceptors (Lipinski definition) is 4. The van der Waals surface area contributed by atoms with Crippen LogP contribution in [-0.2, 0) is 14.6 Å². The van der Waals surface area contributed by atoms with Gasteiger partial charge in [0.25, 0.3) is 0 Å². The van der Waals surface area contributed by atoms with Crippen molar-refractivity contribution in [2.24, 2.45) is 5.73 Å². The summed E-state index contributed by atoms with van der Waals surface area (Å²) in [6.07, 6.45) is 0.581. The van der Waals surface area contributed by atoms with Crippen LogP contribution in [0.4, 0.5) is 0 Å². The largest absolute Gasteiger partial charge is 0.380 e. The van der Waals surface area contributed by atoms with E-state index in [4.69, 9.17) is 10.5 Å². The standard InChI is InChI=1S/C11H14BrNO3S/c12-8-2-1-3-9(6-8)17(14,15)11-7-16-5-4-10(11)13/h1-3,6,10-11H,4-5,7,13H2. The number of rotatable bonds is 2. The molecule has 6 heteroatoms. The molecular formula is C11H14BrNO3S. The predicted molar refractivity (Wildman–Crippen MR) is 68.5 cm³/mol. The fourth-order valence-corrected chi connectivity index (χ4v) is 4.20. The molecule has 1 aliphatic heterocycles. The molecule has 94 valence electrons. The molecule has 0 aromatic heterocycles. The molecule has 1 saturated heterocycles. The Bertz CT molecular complexity index is 503. The summed E-state index contributed by atoms with van der Waals surface area (Å²) in [5.41, 5.74) is 5.87. The van der Waals surface area contributed by atoms with Crippen molar-refractivity contribution in [1.82, 2.24) is 0 Å². The van der Waals surface area contributed by atoms with Gasteiger partial charge in [-0.05, 0) is 24.6 Å². The maximum absolute atomic E-state index is 12.4. The predicted octanol–water partition coefficient (Wildman–Crippen LogP) is 1.34. The lowest BCUT2D eigenvalue weighted by Crippen LogP contribution is -2.47. The minimum absolute atomic E-state index is 0.177. The first-order valence-electron chi connectivity index (χ1n) is 5.34. The molecule has 17 heavy (non-hydrogen) atoms. The fraction of sp³-hybridized carbons (Fsp3) is 0.455. The van der Waals surface area contributed by atoms with Crippen LogP contribution in [0.5, 0.6) is 0 Å². The normalized spacial score (nSPS) is 25.8. The van der Waals surface area contributed by atoms with Crippen molar-refractivity contribution < 1.29 is 13.2 Å². The van der Waals surface area contributed by atoms with E-state index in [2.05, 4.69) is 15.9 Å². The van der Waals surface area contributed by atoms with Crippen molar-refractivity contribution in [2.45, 2.75) is 22.6 Å². The van der Waals surface area contributed by atoms with E-state index in [-0.39, 0.29) is 17.5 Å². The van der Waals surface area contributed by atoms with Crippen LogP contribution in [0, 0.1) is 0 Å². The molecule has 0 saturated carbocycles. The summed E-state index contributed by atoms with van der Waals surface area (Å²) in [5, 5.41) is -0.648. The molecule has 4 nitrogen and oxygen atoms in total. The van der Waals surface area contributed by atoms with Crippen molar-refractivity contribution >= 4 is 25.8 Å². The van der Waals surface area contributed by atoms with E-state index < -0.39 is 15.1 Å². The summed E-state index contributed by atoms with van der Waals surface area (Å²) in [5.74, 6) is 0. The molecule has 1 aromatic rings. The second-order valence-electron chi connectivity index (χ2n) is 4.07. The third kappa shape index (κ3) is 2.70. The van der Waals surface area contributed by atoms with Gasteiger partial charge in [-0.3, -0.25) is 0 Å². The fourth-order valence-electron chi connectivity index (χ4n) is 1.87. The number of ether oxygens (including phenoxy) is 1. The third-order valence-corrected chi connectivity index (χ3v) is 5.57. The Morgan fingerprint density at radius 2 is 2.18 bits per heavy atom. The first kappa shape index (κ1) is 13.0. The van der Waals surface area contributed by atoms with Crippen molar-refractivity contribution in [3.05, 3.63) is 28.7 Å². The van der Waals surface area contributed by atoms with Crippen molar-refractivity contribution in [1.29, 1.82) is 0 Å². The molecule has 1 aromatic carbocycles. The van der Waals surface area contributed by atoms with E-state index in [0.717, 1.165) is 4.47 Å². The lowest BCUT2D eigenvalue weighted by Gasteiger charge is -2.28. The lowest BCUT2D eigenvalue weighted by molar-refractivity contribution is 0.0891. The van der Waals surface area contributed by atoms with Gasteiger partial charge in [0.2, 0.25) is 0 Å². The molecule has 0 spiro atoms. The van der Waals surface area contributed by atoms with Crippen LogP contribution in [0.2, 0.25) is 0 Å². The topological polar surface area (TPSA) is 69.4 Å². The van der Waals surface area contributed by atoms with E-state index in [1.54, 1.807) is 24.3 Å². The van der Waals surface area contributed by atoms with E-state index >= 15 is 0 Å². The number of halogens is 1. The molecule has 0 aliphatic carbocycles. The van der Waals surface area contributed by atoms with Crippen LogP contribution < -0.4 is 5.73 Å². The molecule has 1 heterocycles. The SMILES string of the molecule is NC1CCOCC1S(=O)(=O)c1cccc(Br)c1. The van der Waals surface area contributed by atoms with Crippen molar-refractivity contribution in [3.8, 4) is 0 Å². The highest BCUT2D eigenvalue weighted by atomic mass is 79.9. The minimum Gasteiger partial charge on any atom is -0.380 e. The van der Waals surface area contributed by atoms with E-state index in [9.17, 15) is 8.42 Å². The molecule has 2 unspecified atom stereocenters. The zero-order valence-electron chi connectivity index (χ0n) is 9.17. The highest BCUT2D eigenvalue weighted by Crippen LogP contribution is 2.24. The molecule has 1 fully saturated rings. The number of benzene rings is 1. The van der Waals surface area contributed by atoms with Crippen LogP contribution in [0.3, 0.4) is 0 Å². The Hall–Kier alpha value is -0.430. The van der Waals surface area contributed by atoms with Crippen LogP contribution in [0.25, 0.3) is 0 Å². The summed E-state index contributed by atoms with van der Waals surface area (Å²) in [6, 6.07) is 6.31. The number of nitrogens with two attached hydrogens (primary N) is 1. The Balaban J connectivity index is 2.35. The zero-order valence-corrected chi connectivity index (χ0v) is 11.6. The molecule has 0 amide bonds. The van der Waals surface area contributed by atoms with Crippen LogP contribution in [0.1, 0.15) is 6.42 Å². The molecule has 2 N–H and O–H groups in total. The second kappa shape index (κ2) is 5.06. The van der Waals surface area contributed by atoms with Gasteiger partial charge in [0.15, 0.2) is 9.84 Å². The Kier molecular flexibility index (Phi) is 3.87. The van der Waals surface area contributed by atoms with Crippen molar-refractivity contribution in [3.63, 3.8) is 0 Å². The van der Waals surface area contributed by atoms with Crippen LogP contribution in [0.15, 0.2) is 33.6 Å². The second-order valence-corrected chi connectivity index (χ2v) is 7.15. The van der Waals surface area contributed by atoms with Crippen LogP contribution >= 0.6 is 15.9 Å². The molecule has 0 bridgehead atoms. The molecule has 0 radical (unpaired) electrons. The van der Waals surface area contributed by atoms with E-state index in [1.807, 2.05) is 0 Å².